The average Bonchev–Trinajstić information content (AvgIpc) is 3.34. The van der Waals surface area contributed by atoms with E-state index in [0.29, 0.717) is 19.5 Å². The molecule has 0 aromatic heterocycles. The van der Waals surface area contributed by atoms with Gasteiger partial charge in [-0.15, -0.1) is 0 Å². The summed E-state index contributed by atoms with van der Waals surface area (Å²) < 4.78 is 33.5. The van der Waals surface area contributed by atoms with Gasteiger partial charge in [0.1, 0.15) is 0 Å². The number of nitrogens with zero attached hydrogens (tertiary/aromatic N) is 1. The molecule has 1 spiro atoms. The van der Waals surface area contributed by atoms with Crippen molar-refractivity contribution in [3.8, 4) is 0 Å². The fourth-order valence-corrected chi connectivity index (χ4v) is 4.25. The normalized spacial score (nSPS) is 31.0. The molecule has 3 aliphatic rings. The van der Waals surface area contributed by atoms with E-state index in [0.717, 1.165) is 25.0 Å². The molecule has 1 aromatic rings. The molecule has 0 bridgehead atoms. The summed E-state index contributed by atoms with van der Waals surface area (Å²) in [6.07, 6.45) is 1.57. The molecule has 2 heterocycles. The highest BCUT2D eigenvalue weighted by atomic mass is 19.3. The fraction of sp³-hybridized carbons (Fsp3) is 0.632. The topological polar surface area (TPSA) is 32.8 Å². The van der Waals surface area contributed by atoms with E-state index in [1.807, 2.05) is 30.3 Å². The molecule has 1 saturated carbocycles. The molecule has 0 N–H and O–H groups in total. The van der Waals surface area contributed by atoms with Crippen LogP contribution in [0.25, 0.3) is 0 Å². The Labute approximate surface area is 141 Å². The minimum Gasteiger partial charge on any atom is -0.369 e. The van der Waals surface area contributed by atoms with Crippen LogP contribution in [0.3, 0.4) is 0 Å². The first-order chi connectivity index (χ1) is 11.5. The maximum Gasteiger partial charge on any atom is 0.249 e. The van der Waals surface area contributed by atoms with Crippen LogP contribution in [0.1, 0.15) is 43.6 Å². The number of likely N-dealkylation sites (tertiary alicyclic amines) is 1. The van der Waals surface area contributed by atoms with Gasteiger partial charge in [-0.25, -0.2) is 8.78 Å². The number of halogens is 2. The SMILES string of the molecule is O=C(C1CC(F)(F)CCC1c1ccccc1)N1CCC2(CC1)CO2. The van der Waals surface area contributed by atoms with E-state index in [2.05, 4.69) is 0 Å². The number of ether oxygens (including phenoxy) is 1. The van der Waals surface area contributed by atoms with Gasteiger partial charge in [-0.2, -0.15) is 0 Å². The zero-order chi connectivity index (χ0) is 16.8. The Morgan fingerprint density at radius 2 is 1.79 bits per heavy atom. The zero-order valence-corrected chi connectivity index (χ0v) is 13.7. The van der Waals surface area contributed by atoms with Crippen molar-refractivity contribution in [1.29, 1.82) is 0 Å². The second-order valence-electron chi connectivity index (χ2n) is 7.52. The highest BCUT2D eigenvalue weighted by Crippen LogP contribution is 2.46. The van der Waals surface area contributed by atoms with E-state index >= 15 is 0 Å². The van der Waals surface area contributed by atoms with Crippen molar-refractivity contribution < 1.29 is 18.3 Å². The molecule has 1 amide bonds. The number of carbonyl (C=O) groups excluding carboxylic acids is 1. The number of carbonyl (C=O) groups is 1. The third-order valence-corrected chi connectivity index (χ3v) is 5.91. The van der Waals surface area contributed by atoms with Crippen LogP contribution in [0.4, 0.5) is 8.78 Å². The molecule has 24 heavy (non-hydrogen) atoms. The molecule has 0 radical (unpaired) electrons. The lowest BCUT2D eigenvalue weighted by Crippen LogP contribution is -2.48. The van der Waals surface area contributed by atoms with Gasteiger partial charge in [-0.3, -0.25) is 4.79 Å². The molecular weight excluding hydrogens is 312 g/mol. The Hall–Kier alpha value is -1.49. The lowest BCUT2D eigenvalue weighted by molar-refractivity contribution is -0.145. The summed E-state index contributed by atoms with van der Waals surface area (Å²) in [5.74, 6) is -3.56. The van der Waals surface area contributed by atoms with Crippen LogP contribution >= 0.6 is 0 Å². The molecule has 130 valence electrons. The summed E-state index contributed by atoms with van der Waals surface area (Å²) in [4.78, 5) is 14.8. The average molecular weight is 335 g/mol. The molecule has 3 nitrogen and oxygen atoms in total. The first-order valence-corrected chi connectivity index (χ1v) is 8.84. The van der Waals surface area contributed by atoms with Crippen LogP contribution in [0, 0.1) is 5.92 Å². The predicted molar refractivity (Wildman–Crippen MR) is 86.0 cm³/mol. The number of epoxide rings is 1. The second kappa shape index (κ2) is 5.80. The Morgan fingerprint density at radius 1 is 1.12 bits per heavy atom. The smallest absolute Gasteiger partial charge is 0.249 e. The highest BCUT2D eigenvalue weighted by Gasteiger charge is 2.50. The number of piperidine rings is 1. The largest absolute Gasteiger partial charge is 0.369 e. The summed E-state index contributed by atoms with van der Waals surface area (Å²) >= 11 is 0. The van der Waals surface area contributed by atoms with Crippen LogP contribution in [0.5, 0.6) is 0 Å². The van der Waals surface area contributed by atoms with Crippen molar-refractivity contribution in [2.45, 2.75) is 49.5 Å². The lowest BCUT2D eigenvalue weighted by Gasteiger charge is -2.40. The van der Waals surface area contributed by atoms with Crippen LogP contribution in [0.2, 0.25) is 0 Å². The predicted octanol–water partition coefficient (Wildman–Crippen LogP) is 3.60. The quantitative estimate of drug-likeness (QED) is 0.774. The van der Waals surface area contributed by atoms with Crippen LogP contribution in [-0.2, 0) is 9.53 Å². The number of benzene rings is 1. The molecule has 2 aliphatic heterocycles. The summed E-state index contributed by atoms with van der Waals surface area (Å²) in [5.41, 5.74) is 0.997. The number of amides is 1. The first-order valence-electron chi connectivity index (χ1n) is 8.84. The summed E-state index contributed by atoms with van der Waals surface area (Å²) in [6, 6.07) is 9.66. The van der Waals surface area contributed by atoms with E-state index in [1.54, 1.807) is 4.90 Å². The van der Waals surface area contributed by atoms with Gasteiger partial charge in [0, 0.05) is 25.9 Å². The molecule has 2 atom stereocenters. The first kappa shape index (κ1) is 16.0. The Morgan fingerprint density at radius 3 is 2.42 bits per heavy atom. The minimum atomic E-state index is -2.73. The van der Waals surface area contributed by atoms with Crippen LogP contribution in [-0.4, -0.2) is 42.0 Å². The van der Waals surface area contributed by atoms with Gasteiger partial charge in [0.25, 0.3) is 0 Å². The molecule has 2 unspecified atom stereocenters. The van der Waals surface area contributed by atoms with E-state index in [-0.39, 0.29) is 30.3 Å². The van der Waals surface area contributed by atoms with Crippen molar-refractivity contribution in [2.24, 2.45) is 5.92 Å². The van der Waals surface area contributed by atoms with Crippen molar-refractivity contribution >= 4 is 5.91 Å². The van der Waals surface area contributed by atoms with Crippen LogP contribution < -0.4 is 0 Å². The molecular formula is C19H23F2NO2. The van der Waals surface area contributed by atoms with Gasteiger partial charge in [-0.05, 0) is 30.7 Å². The fourth-order valence-electron chi connectivity index (χ4n) is 4.25. The summed E-state index contributed by atoms with van der Waals surface area (Å²) in [5, 5.41) is 0. The second-order valence-corrected chi connectivity index (χ2v) is 7.52. The van der Waals surface area contributed by atoms with Crippen molar-refractivity contribution in [2.75, 3.05) is 19.7 Å². The van der Waals surface area contributed by atoms with E-state index in [9.17, 15) is 13.6 Å². The summed E-state index contributed by atoms with van der Waals surface area (Å²) in [6.45, 7) is 2.04. The molecule has 5 heteroatoms. The number of hydrogen-bond acceptors (Lipinski definition) is 2. The van der Waals surface area contributed by atoms with Gasteiger partial charge in [-0.1, -0.05) is 30.3 Å². The third kappa shape index (κ3) is 3.06. The molecule has 1 aromatic carbocycles. The molecule has 2 saturated heterocycles. The monoisotopic (exact) mass is 335 g/mol. The number of rotatable bonds is 2. The zero-order valence-electron chi connectivity index (χ0n) is 13.7. The molecule has 3 fully saturated rings. The Kier molecular flexibility index (Phi) is 3.87. The van der Waals surface area contributed by atoms with Gasteiger partial charge in [0.15, 0.2) is 0 Å². The number of hydrogen-bond donors (Lipinski definition) is 0. The third-order valence-electron chi connectivity index (χ3n) is 5.91. The molecule has 1 aliphatic carbocycles. The van der Waals surface area contributed by atoms with Gasteiger partial charge < -0.3 is 9.64 Å². The van der Waals surface area contributed by atoms with Crippen LogP contribution in [0.15, 0.2) is 30.3 Å². The minimum absolute atomic E-state index is 0.00782. The Bertz CT molecular complexity index is 605. The maximum absolute atomic E-state index is 14.0. The van der Waals surface area contributed by atoms with E-state index in [1.165, 1.54) is 0 Å². The van der Waals surface area contributed by atoms with Crippen molar-refractivity contribution in [1.82, 2.24) is 4.90 Å². The van der Waals surface area contributed by atoms with Crippen molar-refractivity contribution in [3.05, 3.63) is 35.9 Å². The maximum atomic E-state index is 14.0. The van der Waals surface area contributed by atoms with Crippen molar-refractivity contribution in [3.63, 3.8) is 0 Å². The Balaban J connectivity index is 1.53. The highest BCUT2D eigenvalue weighted by molar-refractivity contribution is 5.80. The van der Waals surface area contributed by atoms with Gasteiger partial charge >= 0.3 is 0 Å². The van der Waals surface area contributed by atoms with Gasteiger partial charge in [0.2, 0.25) is 11.8 Å². The standard InChI is InChI=1S/C19H23F2NO2/c20-19(21)7-6-15(14-4-2-1-3-5-14)16(12-19)17(23)22-10-8-18(9-11-22)13-24-18/h1-5,15-16H,6-13H2. The lowest BCUT2D eigenvalue weighted by atomic mass is 9.73. The van der Waals surface area contributed by atoms with E-state index < -0.39 is 11.8 Å². The number of alkyl halides is 2. The van der Waals surface area contributed by atoms with Gasteiger partial charge in [0.05, 0.1) is 18.1 Å². The van der Waals surface area contributed by atoms with E-state index in [4.69, 9.17) is 4.74 Å². The molecule has 4 rings (SSSR count). The summed E-state index contributed by atoms with van der Waals surface area (Å²) in [7, 11) is 0.